The molecule has 0 amide bonds. The Morgan fingerprint density at radius 1 is 0.714 bits per heavy atom. The predicted octanol–water partition coefficient (Wildman–Crippen LogP) is 6.49. The summed E-state index contributed by atoms with van der Waals surface area (Å²) in [6.07, 6.45) is 8.83. The van der Waals surface area contributed by atoms with Crippen LogP contribution in [-0.2, 0) is 0 Å². The number of allylic oxidation sites excluding steroid dienone is 1. The lowest BCUT2D eigenvalue weighted by Gasteiger charge is -2.18. The van der Waals surface area contributed by atoms with Crippen LogP contribution in [0.15, 0.2) is 104 Å². The molecular formula is C26H32P2. The Labute approximate surface area is 174 Å². The molecule has 146 valence electrons. The van der Waals surface area contributed by atoms with Crippen molar-refractivity contribution < 1.29 is 0 Å². The lowest BCUT2D eigenvalue weighted by molar-refractivity contribution is 0.777. The second-order valence-corrected chi connectivity index (χ2v) is 10.2. The zero-order valence-corrected chi connectivity index (χ0v) is 18.8. The quantitative estimate of drug-likeness (QED) is 0.217. The fourth-order valence-corrected chi connectivity index (χ4v) is 6.10. The molecule has 28 heavy (non-hydrogen) atoms. The first-order chi connectivity index (χ1) is 13.9. The van der Waals surface area contributed by atoms with Gasteiger partial charge in [0.1, 0.15) is 0 Å². The van der Waals surface area contributed by atoms with E-state index in [1.54, 1.807) is 0 Å². The van der Waals surface area contributed by atoms with E-state index in [-0.39, 0.29) is 0 Å². The number of hydrogen-bond acceptors (Lipinski definition) is 0. The standard InChI is InChI=1S/C18H15P.C8H17P/c1-4-10-16(11-5-1)19(17-12-6-2-7-13-17)18-14-8-3-9-15-18;1-3-5-6-8-9-7-4-2/h1-15H;4,9H,2-3,5-8H2,1H3. The Bertz CT molecular complexity index is 660. The molecule has 0 aromatic heterocycles. The molecule has 0 nitrogen and oxygen atoms in total. The second-order valence-electron chi connectivity index (χ2n) is 6.54. The van der Waals surface area contributed by atoms with Crippen LogP contribution in [0, 0.1) is 0 Å². The van der Waals surface area contributed by atoms with Gasteiger partial charge in [-0.15, -0.1) is 15.2 Å². The first-order valence-corrected chi connectivity index (χ1v) is 12.9. The summed E-state index contributed by atoms with van der Waals surface area (Å²) in [6.45, 7) is 5.93. The maximum atomic E-state index is 3.69. The molecule has 3 rings (SSSR count). The Morgan fingerprint density at radius 3 is 1.50 bits per heavy atom. The average Bonchev–Trinajstić information content (AvgIpc) is 2.77. The van der Waals surface area contributed by atoms with Gasteiger partial charge >= 0.3 is 0 Å². The second kappa shape index (κ2) is 14.3. The maximum absolute atomic E-state index is 3.69. The van der Waals surface area contributed by atoms with Crippen LogP contribution in [0.25, 0.3) is 0 Å². The van der Waals surface area contributed by atoms with Crippen LogP contribution < -0.4 is 15.9 Å². The fraction of sp³-hybridized carbons (Fsp3) is 0.231. The van der Waals surface area contributed by atoms with Gasteiger partial charge in [-0.05, 0) is 42.6 Å². The van der Waals surface area contributed by atoms with Gasteiger partial charge in [0.25, 0.3) is 0 Å². The van der Waals surface area contributed by atoms with Crippen LogP contribution in [0.4, 0.5) is 0 Å². The SMILES string of the molecule is C=CCPCCCCC.c1ccc(P(c2ccccc2)c2ccccc2)cc1. The summed E-state index contributed by atoms with van der Waals surface area (Å²) in [5.41, 5.74) is 0. The van der Waals surface area contributed by atoms with E-state index in [4.69, 9.17) is 0 Å². The van der Waals surface area contributed by atoms with Crippen LogP contribution in [0.5, 0.6) is 0 Å². The molecule has 0 aliphatic rings. The van der Waals surface area contributed by atoms with Gasteiger partial charge in [-0.25, -0.2) is 0 Å². The third-order valence-electron chi connectivity index (χ3n) is 4.29. The zero-order valence-electron chi connectivity index (χ0n) is 16.9. The summed E-state index contributed by atoms with van der Waals surface area (Å²) in [4.78, 5) is 0. The van der Waals surface area contributed by atoms with Crippen molar-refractivity contribution in [1.29, 1.82) is 0 Å². The molecule has 1 atom stereocenters. The molecule has 2 heteroatoms. The van der Waals surface area contributed by atoms with Crippen LogP contribution in [0.3, 0.4) is 0 Å². The molecule has 3 aromatic rings. The van der Waals surface area contributed by atoms with Gasteiger partial charge in [-0.1, -0.05) is 117 Å². The monoisotopic (exact) mass is 406 g/mol. The topological polar surface area (TPSA) is 0 Å². The smallest absolute Gasteiger partial charge is 0.0134 e. The van der Waals surface area contributed by atoms with Crippen LogP contribution in [0.1, 0.15) is 26.2 Å². The van der Waals surface area contributed by atoms with Crippen molar-refractivity contribution in [3.8, 4) is 0 Å². The van der Waals surface area contributed by atoms with E-state index in [2.05, 4.69) is 104 Å². The third kappa shape index (κ3) is 8.10. The first kappa shape index (κ1) is 22.5. The molecule has 0 aliphatic carbocycles. The minimum atomic E-state index is -0.446. The van der Waals surface area contributed by atoms with Gasteiger partial charge < -0.3 is 0 Å². The maximum Gasteiger partial charge on any atom is -0.0134 e. The molecule has 3 aromatic carbocycles. The van der Waals surface area contributed by atoms with E-state index in [0.29, 0.717) is 0 Å². The Kier molecular flexibility index (Phi) is 11.5. The van der Waals surface area contributed by atoms with Crippen molar-refractivity contribution in [2.45, 2.75) is 26.2 Å². The lowest BCUT2D eigenvalue weighted by Crippen LogP contribution is -2.20. The largest absolute Gasteiger partial charge is 0.118 e. The number of hydrogen-bond donors (Lipinski definition) is 0. The van der Waals surface area contributed by atoms with E-state index in [1.807, 2.05) is 6.08 Å². The summed E-state index contributed by atoms with van der Waals surface area (Å²) in [7, 11) is 0.678. The highest BCUT2D eigenvalue weighted by Gasteiger charge is 2.14. The van der Waals surface area contributed by atoms with Crippen LogP contribution in [-0.4, -0.2) is 12.3 Å². The van der Waals surface area contributed by atoms with Crippen molar-refractivity contribution in [3.05, 3.63) is 104 Å². The summed E-state index contributed by atoms with van der Waals surface area (Å²) >= 11 is 0. The van der Waals surface area contributed by atoms with E-state index < -0.39 is 7.92 Å². The molecule has 0 saturated heterocycles. The molecule has 0 radical (unpaired) electrons. The van der Waals surface area contributed by atoms with E-state index in [0.717, 1.165) is 8.58 Å². The van der Waals surface area contributed by atoms with Gasteiger partial charge in [0, 0.05) is 0 Å². The molecule has 0 saturated carbocycles. The molecule has 1 unspecified atom stereocenters. The van der Waals surface area contributed by atoms with E-state index in [1.165, 1.54) is 47.5 Å². The number of rotatable bonds is 9. The molecule has 0 N–H and O–H groups in total. The van der Waals surface area contributed by atoms with Gasteiger partial charge in [0.2, 0.25) is 0 Å². The van der Waals surface area contributed by atoms with Crippen molar-refractivity contribution in [2.75, 3.05) is 12.3 Å². The predicted molar refractivity (Wildman–Crippen MR) is 133 cm³/mol. The van der Waals surface area contributed by atoms with Gasteiger partial charge in [-0.2, -0.15) is 0 Å². The highest BCUT2D eigenvalue weighted by molar-refractivity contribution is 7.79. The van der Waals surface area contributed by atoms with E-state index >= 15 is 0 Å². The summed E-state index contributed by atoms with van der Waals surface area (Å²) in [5, 5.41) is 4.19. The zero-order chi connectivity index (χ0) is 19.9. The summed E-state index contributed by atoms with van der Waals surface area (Å²) in [5.74, 6) is 0. The first-order valence-electron chi connectivity index (χ1n) is 10.1. The van der Waals surface area contributed by atoms with Crippen molar-refractivity contribution in [1.82, 2.24) is 0 Å². The summed E-state index contributed by atoms with van der Waals surface area (Å²) < 4.78 is 0. The highest BCUT2D eigenvalue weighted by atomic mass is 31.1. The Balaban J connectivity index is 0.000000266. The van der Waals surface area contributed by atoms with Gasteiger partial charge in [-0.3, -0.25) is 0 Å². The third-order valence-corrected chi connectivity index (χ3v) is 8.02. The van der Waals surface area contributed by atoms with Gasteiger partial charge in [0.15, 0.2) is 0 Å². The minimum Gasteiger partial charge on any atom is -0.118 e. The highest BCUT2D eigenvalue weighted by Crippen LogP contribution is 2.32. The summed E-state index contributed by atoms with van der Waals surface area (Å²) in [6, 6.07) is 32.3. The fourth-order valence-electron chi connectivity index (χ4n) is 2.88. The molecule has 0 heterocycles. The van der Waals surface area contributed by atoms with Crippen LogP contribution in [0.2, 0.25) is 0 Å². The average molecular weight is 406 g/mol. The Hall–Kier alpha value is -1.74. The lowest BCUT2D eigenvalue weighted by atomic mass is 10.3. The van der Waals surface area contributed by atoms with E-state index in [9.17, 15) is 0 Å². The Morgan fingerprint density at radius 2 is 1.14 bits per heavy atom. The van der Waals surface area contributed by atoms with Crippen molar-refractivity contribution in [3.63, 3.8) is 0 Å². The molecule has 0 spiro atoms. The van der Waals surface area contributed by atoms with Crippen molar-refractivity contribution in [2.24, 2.45) is 0 Å². The molecule has 0 fully saturated rings. The van der Waals surface area contributed by atoms with Gasteiger partial charge in [0.05, 0.1) is 0 Å². The van der Waals surface area contributed by atoms with Crippen LogP contribution >= 0.6 is 16.5 Å². The molecular weight excluding hydrogens is 374 g/mol. The number of unbranched alkanes of at least 4 members (excludes halogenated alkanes) is 2. The number of benzene rings is 3. The molecule has 0 bridgehead atoms. The molecule has 0 aliphatic heterocycles. The van der Waals surface area contributed by atoms with Crippen molar-refractivity contribution >= 4 is 32.4 Å². The minimum absolute atomic E-state index is 0.446. The normalized spacial score (nSPS) is 10.6.